The Labute approximate surface area is 146 Å². The molecule has 0 saturated carbocycles. The smallest absolute Gasteiger partial charge is 0.416 e. The van der Waals surface area contributed by atoms with E-state index < -0.39 is 17.6 Å². The lowest BCUT2D eigenvalue weighted by Gasteiger charge is -2.10. The van der Waals surface area contributed by atoms with Gasteiger partial charge in [-0.3, -0.25) is 0 Å². The Kier molecular flexibility index (Phi) is 4.59. The monoisotopic (exact) mass is 358 g/mol. The predicted octanol–water partition coefficient (Wildman–Crippen LogP) is 5.57. The first-order valence-electron chi connectivity index (χ1n) is 7.38. The molecular formula is C19H10F4N2O. The Morgan fingerprint density at radius 2 is 1.69 bits per heavy atom. The Bertz CT molecular complexity index is 976. The zero-order valence-corrected chi connectivity index (χ0v) is 13.1. The van der Waals surface area contributed by atoms with Crippen molar-refractivity contribution in [2.75, 3.05) is 0 Å². The van der Waals surface area contributed by atoms with Crippen molar-refractivity contribution in [2.24, 2.45) is 0 Å². The maximum absolute atomic E-state index is 12.9. The van der Waals surface area contributed by atoms with Crippen LogP contribution < -0.4 is 4.74 Å². The molecule has 130 valence electrons. The molecule has 0 unspecified atom stereocenters. The zero-order valence-electron chi connectivity index (χ0n) is 13.1. The quantitative estimate of drug-likeness (QED) is 0.575. The highest BCUT2D eigenvalue weighted by molar-refractivity contribution is 5.66. The van der Waals surface area contributed by atoms with E-state index in [2.05, 4.69) is 4.98 Å². The fraction of sp³-hybridized carbons (Fsp3) is 0.0526. The van der Waals surface area contributed by atoms with Gasteiger partial charge in [0.15, 0.2) is 0 Å². The van der Waals surface area contributed by atoms with E-state index in [1.807, 2.05) is 6.07 Å². The number of ether oxygens (including phenoxy) is 1. The van der Waals surface area contributed by atoms with Crippen LogP contribution in [0.3, 0.4) is 0 Å². The summed E-state index contributed by atoms with van der Waals surface area (Å²) in [5.41, 5.74) is -0.124. The van der Waals surface area contributed by atoms with Crippen molar-refractivity contribution in [3.63, 3.8) is 0 Å². The fourth-order valence-electron chi connectivity index (χ4n) is 2.26. The van der Waals surface area contributed by atoms with Gasteiger partial charge in [-0.25, -0.2) is 9.37 Å². The molecule has 3 rings (SSSR count). The normalized spacial score (nSPS) is 11.0. The molecule has 3 aromatic rings. The van der Waals surface area contributed by atoms with E-state index in [1.54, 1.807) is 0 Å². The molecule has 0 aliphatic carbocycles. The topological polar surface area (TPSA) is 45.9 Å². The van der Waals surface area contributed by atoms with Crippen LogP contribution in [0, 0.1) is 17.1 Å². The van der Waals surface area contributed by atoms with E-state index in [0.29, 0.717) is 5.56 Å². The highest BCUT2D eigenvalue weighted by Gasteiger charge is 2.30. The number of halogens is 4. The molecule has 0 N–H and O–H groups in total. The van der Waals surface area contributed by atoms with Gasteiger partial charge in [0.25, 0.3) is 0 Å². The van der Waals surface area contributed by atoms with Crippen LogP contribution in [0.1, 0.15) is 11.1 Å². The lowest BCUT2D eigenvalue weighted by Crippen LogP contribution is -2.04. The molecule has 0 radical (unpaired) electrons. The second kappa shape index (κ2) is 6.84. The molecule has 0 amide bonds. The van der Waals surface area contributed by atoms with Crippen molar-refractivity contribution in [3.8, 4) is 28.8 Å². The van der Waals surface area contributed by atoms with Crippen molar-refractivity contribution < 1.29 is 22.3 Å². The molecule has 0 spiro atoms. The van der Waals surface area contributed by atoms with E-state index in [4.69, 9.17) is 4.74 Å². The average molecular weight is 358 g/mol. The molecule has 0 saturated heterocycles. The maximum atomic E-state index is 12.9. The van der Waals surface area contributed by atoms with Crippen molar-refractivity contribution >= 4 is 0 Å². The largest absolute Gasteiger partial charge is 0.438 e. The van der Waals surface area contributed by atoms with Crippen LogP contribution in [0.2, 0.25) is 0 Å². The number of benzene rings is 2. The van der Waals surface area contributed by atoms with Gasteiger partial charge in [-0.1, -0.05) is 12.1 Å². The third kappa shape index (κ3) is 3.81. The number of pyridine rings is 1. The van der Waals surface area contributed by atoms with Crippen LogP contribution in [0.25, 0.3) is 11.1 Å². The number of rotatable bonds is 3. The molecular weight excluding hydrogens is 348 g/mol. The Balaban J connectivity index is 1.94. The minimum absolute atomic E-state index is 0.0187. The van der Waals surface area contributed by atoms with Gasteiger partial charge in [0.05, 0.1) is 5.56 Å². The molecule has 26 heavy (non-hydrogen) atoms. The standard InChI is InChI=1S/C19H10F4N2O/c20-16-4-6-17(7-5-16)26-18-13(10-24)8-14(11-25-18)12-2-1-3-15(9-12)19(21,22)23/h1-9,11H. The highest BCUT2D eigenvalue weighted by atomic mass is 19.4. The van der Waals surface area contributed by atoms with Gasteiger partial charge in [0, 0.05) is 11.8 Å². The van der Waals surface area contributed by atoms with Gasteiger partial charge >= 0.3 is 6.18 Å². The van der Waals surface area contributed by atoms with E-state index in [-0.39, 0.29) is 22.8 Å². The molecule has 0 aliphatic heterocycles. The second-order valence-electron chi connectivity index (χ2n) is 5.32. The van der Waals surface area contributed by atoms with Crippen molar-refractivity contribution in [1.82, 2.24) is 4.98 Å². The summed E-state index contributed by atoms with van der Waals surface area (Å²) in [6.45, 7) is 0. The molecule has 1 aromatic heterocycles. The number of hydrogen-bond acceptors (Lipinski definition) is 3. The average Bonchev–Trinajstić information content (AvgIpc) is 2.63. The SMILES string of the molecule is N#Cc1cc(-c2cccc(C(F)(F)F)c2)cnc1Oc1ccc(F)cc1. The lowest BCUT2D eigenvalue weighted by molar-refractivity contribution is -0.137. The van der Waals surface area contributed by atoms with Crippen LogP contribution in [-0.2, 0) is 6.18 Å². The molecule has 0 fully saturated rings. The van der Waals surface area contributed by atoms with Crippen molar-refractivity contribution in [1.29, 1.82) is 5.26 Å². The molecule has 7 heteroatoms. The summed E-state index contributed by atoms with van der Waals surface area (Å²) in [4.78, 5) is 4.02. The van der Waals surface area contributed by atoms with Gasteiger partial charge in [0.2, 0.25) is 5.88 Å². The molecule has 0 aliphatic rings. The van der Waals surface area contributed by atoms with E-state index in [0.717, 1.165) is 12.1 Å². The summed E-state index contributed by atoms with van der Waals surface area (Å²) >= 11 is 0. The first-order valence-corrected chi connectivity index (χ1v) is 7.38. The molecule has 0 bridgehead atoms. The fourth-order valence-corrected chi connectivity index (χ4v) is 2.26. The van der Waals surface area contributed by atoms with Crippen LogP contribution >= 0.6 is 0 Å². The second-order valence-corrected chi connectivity index (χ2v) is 5.32. The van der Waals surface area contributed by atoms with Gasteiger partial charge < -0.3 is 4.74 Å². The molecule has 3 nitrogen and oxygen atoms in total. The summed E-state index contributed by atoms with van der Waals surface area (Å²) in [7, 11) is 0. The van der Waals surface area contributed by atoms with Gasteiger partial charge in [-0.15, -0.1) is 0 Å². The van der Waals surface area contributed by atoms with Crippen LogP contribution in [0.4, 0.5) is 17.6 Å². The molecule has 1 heterocycles. The summed E-state index contributed by atoms with van der Waals surface area (Å²) in [6, 6.07) is 13.2. The van der Waals surface area contributed by atoms with E-state index in [9.17, 15) is 22.8 Å². The third-order valence-corrected chi connectivity index (χ3v) is 3.52. The van der Waals surface area contributed by atoms with E-state index in [1.165, 1.54) is 48.7 Å². The number of nitriles is 1. The first kappa shape index (κ1) is 17.4. The molecule has 0 atom stereocenters. The van der Waals surface area contributed by atoms with E-state index >= 15 is 0 Å². The number of aromatic nitrogens is 1. The lowest BCUT2D eigenvalue weighted by atomic mass is 10.0. The summed E-state index contributed by atoms with van der Waals surface area (Å²) in [6.07, 6.45) is -3.15. The maximum Gasteiger partial charge on any atom is 0.416 e. The van der Waals surface area contributed by atoms with Crippen LogP contribution in [0.5, 0.6) is 11.6 Å². The van der Waals surface area contributed by atoms with Gasteiger partial charge in [-0.2, -0.15) is 18.4 Å². The number of alkyl halides is 3. The molecule has 2 aromatic carbocycles. The third-order valence-electron chi connectivity index (χ3n) is 3.52. The van der Waals surface area contributed by atoms with Crippen LogP contribution in [-0.4, -0.2) is 4.98 Å². The zero-order chi connectivity index (χ0) is 18.7. The predicted molar refractivity (Wildman–Crippen MR) is 85.9 cm³/mol. The number of hydrogen-bond donors (Lipinski definition) is 0. The first-order chi connectivity index (χ1) is 12.4. The van der Waals surface area contributed by atoms with Crippen molar-refractivity contribution in [3.05, 3.63) is 77.7 Å². The Morgan fingerprint density at radius 3 is 2.35 bits per heavy atom. The summed E-state index contributed by atoms with van der Waals surface area (Å²) in [5.74, 6) is -0.178. The summed E-state index contributed by atoms with van der Waals surface area (Å²) < 4.78 is 56.9. The summed E-state index contributed by atoms with van der Waals surface area (Å²) in [5, 5.41) is 9.29. The highest BCUT2D eigenvalue weighted by Crippen LogP contribution is 2.33. The van der Waals surface area contributed by atoms with Gasteiger partial charge in [0.1, 0.15) is 23.2 Å². The minimum Gasteiger partial charge on any atom is -0.438 e. The van der Waals surface area contributed by atoms with Gasteiger partial charge in [-0.05, 0) is 48.0 Å². The Morgan fingerprint density at radius 1 is 0.962 bits per heavy atom. The van der Waals surface area contributed by atoms with Crippen molar-refractivity contribution in [2.45, 2.75) is 6.18 Å². The number of nitrogens with zero attached hydrogens (tertiary/aromatic N) is 2. The van der Waals surface area contributed by atoms with Crippen LogP contribution in [0.15, 0.2) is 60.8 Å². The Hall–Kier alpha value is -3.40. The minimum atomic E-state index is -4.47.